The molecule has 0 saturated carbocycles. The molecular weight excluding hydrogens is 851 g/mol. The number of hydrogen-bond donors (Lipinski definition) is 5. The average molecular weight is 889 g/mol. The largest absolute Gasteiger partial charge is 0.790 e. The van der Waals surface area contributed by atoms with Gasteiger partial charge in [0.15, 0.2) is 17.7 Å². The van der Waals surface area contributed by atoms with Gasteiger partial charge in [-0.05, 0) is 18.9 Å². The van der Waals surface area contributed by atoms with Crippen LogP contribution in [0.25, 0.3) is 11.2 Å². The van der Waals surface area contributed by atoms with E-state index in [0.29, 0.717) is 0 Å². The standard InChI is InChI=1S/C27H42N7O19P3S/c1-27(2,22(40)25(41)30-8-7-16(35)29-9-10-57-18(38)6-4-3-5-17(36)37)12-50-56(47,48)53-55(45,46)49-11-15-21(52-54(42,43)44)20(39)26(51-15)34-14-33-19-23(28)31-13-32-24(19)34/h4,6,13-15,20-22,26,39-40H,3,5,7-12H2,1-2H3,(H,29,35)(H,30,41)(H,36,37)(H,45,46)(H,47,48)(H2,28,31,32)(H2,42,43,44)/p-5/b6-4-/t15-,20-,21-,22+,26-/m1/s1. The summed E-state index contributed by atoms with van der Waals surface area (Å²) in [5.74, 6) is -2.73. The Balaban J connectivity index is 1.47. The Morgan fingerprint density at radius 3 is 2.42 bits per heavy atom. The second-order valence-electron chi connectivity index (χ2n) is 12.5. The van der Waals surface area contributed by atoms with Crippen molar-refractivity contribution in [2.45, 2.75) is 63.8 Å². The fourth-order valence-electron chi connectivity index (χ4n) is 4.69. The van der Waals surface area contributed by atoms with Gasteiger partial charge in [-0.25, -0.2) is 19.3 Å². The van der Waals surface area contributed by atoms with E-state index in [1.54, 1.807) is 0 Å². The molecular formula is C27H37N7O19P3S-5. The molecule has 2 unspecified atom stereocenters. The van der Waals surface area contributed by atoms with Crippen LogP contribution in [0, 0.1) is 5.41 Å². The summed E-state index contributed by atoms with van der Waals surface area (Å²) in [7, 11) is -17.6. The third kappa shape index (κ3) is 15.5. The number of nitrogens with one attached hydrogen (secondary N) is 2. The number of fused-ring (bicyclic) bond motifs is 1. The molecule has 0 aromatic carbocycles. The lowest BCUT2D eigenvalue weighted by molar-refractivity contribution is -0.347. The highest BCUT2D eigenvalue weighted by atomic mass is 32.2. The quantitative estimate of drug-likeness (QED) is 0.0397. The summed E-state index contributed by atoms with van der Waals surface area (Å²) in [4.78, 5) is 106. The number of carboxylic acid groups (broad SMARTS) is 1. The van der Waals surface area contributed by atoms with Gasteiger partial charge in [0, 0.05) is 36.6 Å². The van der Waals surface area contributed by atoms with E-state index >= 15 is 0 Å². The zero-order chi connectivity index (χ0) is 42.8. The van der Waals surface area contributed by atoms with Gasteiger partial charge >= 0.3 is 0 Å². The molecule has 1 fully saturated rings. The number of amides is 2. The third-order valence-electron chi connectivity index (χ3n) is 7.49. The first-order valence-electron chi connectivity index (χ1n) is 16.3. The van der Waals surface area contributed by atoms with Crippen molar-refractivity contribution in [3.8, 4) is 0 Å². The molecule has 1 aliphatic rings. The van der Waals surface area contributed by atoms with Gasteiger partial charge in [0.2, 0.25) is 16.9 Å². The Morgan fingerprint density at radius 2 is 1.75 bits per heavy atom. The van der Waals surface area contributed by atoms with Crippen molar-refractivity contribution < 1.29 is 90.4 Å². The minimum Gasteiger partial charge on any atom is -0.790 e. The summed E-state index contributed by atoms with van der Waals surface area (Å²) in [5.41, 5.74) is 4.00. The first kappa shape index (κ1) is 48.1. The van der Waals surface area contributed by atoms with Crippen molar-refractivity contribution in [1.82, 2.24) is 30.2 Å². The summed E-state index contributed by atoms with van der Waals surface area (Å²) in [6.07, 6.45) is -5.29. The summed E-state index contributed by atoms with van der Waals surface area (Å²) < 4.78 is 60.3. The van der Waals surface area contributed by atoms with Crippen molar-refractivity contribution in [3.05, 3.63) is 24.8 Å². The number of hydrogen-bond acceptors (Lipinski definition) is 24. The van der Waals surface area contributed by atoms with Crippen LogP contribution in [0.3, 0.4) is 0 Å². The van der Waals surface area contributed by atoms with Crippen LogP contribution in [-0.2, 0) is 55.5 Å². The number of aliphatic hydroxyl groups is 2. The second-order valence-corrected chi connectivity index (χ2v) is 17.6. The third-order valence-corrected chi connectivity index (χ3v) is 11.3. The van der Waals surface area contributed by atoms with Crippen LogP contribution in [0.1, 0.15) is 39.3 Å². The number of carbonyl (C=O) groups excluding carboxylic acids is 4. The lowest BCUT2D eigenvalue weighted by Gasteiger charge is -2.36. The van der Waals surface area contributed by atoms with Crippen molar-refractivity contribution >= 4 is 75.1 Å². The smallest absolute Gasteiger partial charge is 0.274 e. The predicted octanol–water partition coefficient (Wildman–Crippen LogP) is -4.78. The van der Waals surface area contributed by atoms with E-state index in [4.69, 9.17) is 10.5 Å². The molecule has 2 aromatic heterocycles. The Labute approximate surface area is 327 Å². The van der Waals surface area contributed by atoms with E-state index < -0.39 is 90.5 Å². The molecule has 26 nitrogen and oxygen atoms in total. The van der Waals surface area contributed by atoms with Crippen molar-refractivity contribution in [3.63, 3.8) is 0 Å². The molecule has 30 heteroatoms. The number of nitrogens with zero attached hydrogens (tertiary/aromatic N) is 4. The highest BCUT2D eigenvalue weighted by Gasteiger charge is 2.47. The predicted molar refractivity (Wildman–Crippen MR) is 182 cm³/mol. The van der Waals surface area contributed by atoms with Crippen LogP contribution in [0.2, 0.25) is 0 Å². The summed E-state index contributed by atoms with van der Waals surface area (Å²) in [5, 5.41) is 36.0. The number of phosphoric acid groups is 3. The normalized spacial score (nSPS) is 21.5. The highest BCUT2D eigenvalue weighted by molar-refractivity contribution is 8.14. The molecule has 3 rings (SSSR count). The molecule has 3 heterocycles. The van der Waals surface area contributed by atoms with E-state index in [1.807, 2.05) is 0 Å². The maximum atomic E-state index is 12.5. The molecule has 0 radical (unpaired) electrons. The number of anilines is 1. The number of phosphoric ester groups is 3. The van der Waals surface area contributed by atoms with Gasteiger partial charge in [0.05, 0.1) is 27.4 Å². The number of imidazole rings is 1. The molecule has 320 valence electrons. The second kappa shape index (κ2) is 20.6. The first-order valence-corrected chi connectivity index (χ1v) is 21.6. The zero-order valence-corrected chi connectivity index (χ0v) is 33.3. The van der Waals surface area contributed by atoms with E-state index in [2.05, 4.69) is 43.5 Å². The van der Waals surface area contributed by atoms with E-state index in [-0.39, 0.29) is 60.2 Å². The minimum atomic E-state index is -5.93. The number of aromatic nitrogens is 4. The van der Waals surface area contributed by atoms with Crippen LogP contribution in [0.5, 0.6) is 0 Å². The molecule has 57 heavy (non-hydrogen) atoms. The molecule has 2 aromatic rings. The van der Waals surface area contributed by atoms with Gasteiger partial charge < -0.3 is 78.9 Å². The van der Waals surface area contributed by atoms with Gasteiger partial charge in [-0.3, -0.25) is 28.1 Å². The molecule has 0 bridgehead atoms. The Bertz CT molecular complexity index is 1930. The number of thioether (sulfide) groups is 1. The molecule has 2 amide bonds. The molecule has 7 atom stereocenters. The number of ether oxygens (including phenoxy) is 1. The summed E-state index contributed by atoms with van der Waals surface area (Å²) in [6.45, 7) is -0.168. The highest BCUT2D eigenvalue weighted by Crippen LogP contribution is 2.56. The monoisotopic (exact) mass is 888 g/mol. The first-order chi connectivity index (χ1) is 26.4. The van der Waals surface area contributed by atoms with E-state index in [9.17, 15) is 67.8 Å². The van der Waals surface area contributed by atoms with E-state index in [0.717, 1.165) is 29.0 Å². The Kier molecular flexibility index (Phi) is 17.4. The van der Waals surface area contributed by atoms with Gasteiger partial charge in [-0.2, -0.15) is 0 Å². The van der Waals surface area contributed by atoms with Crippen LogP contribution in [-0.4, -0.2) is 109 Å². The molecule has 6 N–H and O–H groups in total. The van der Waals surface area contributed by atoms with Gasteiger partial charge in [0.25, 0.3) is 15.6 Å². The molecule has 1 aliphatic heterocycles. The number of aliphatic hydroxyl groups excluding tert-OH is 2. The maximum Gasteiger partial charge on any atom is 0.274 e. The number of nitrogen functional groups attached to an aromatic ring is 1. The van der Waals surface area contributed by atoms with Gasteiger partial charge in [-0.1, -0.05) is 31.7 Å². The fourth-order valence-corrected chi connectivity index (χ4v) is 8.02. The Morgan fingerprint density at radius 1 is 1.07 bits per heavy atom. The van der Waals surface area contributed by atoms with Crippen LogP contribution in [0.15, 0.2) is 24.8 Å². The topological polar surface area (TPSA) is 415 Å². The number of carbonyl (C=O) groups is 4. The molecule has 0 spiro atoms. The maximum absolute atomic E-state index is 12.5. The number of aliphatic carboxylic acids is 1. The van der Waals surface area contributed by atoms with Crippen molar-refractivity contribution in [2.75, 3.05) is 37.8 Å². The fraction of sp³-hybridized carbons (Fsp3) is 0.593. The van der Waals surface area contributed by atoms with E-state index in [1.165, 1.54) is 26.0 Å². The van der Waals surface area contributed by atoms with Crippen LogP contribution < -0.4 is 41.0 Å². The van der Waals surface area contributed by atoms with Crippen LogP contribution in [0.4, 0.5) is 5.82 Å². The number of nitrogens with two attached hydrogens (primary N) is 1. The minimum absolute atomic E-state index is 0.0323. The number of carboxylic acids is 1. The van der Waals surface area contributed by atoms with Gasteiger partial charge in [0.1, 0.15) is 36.3 Å². The zero-order valence-electron chi connectivity index (χ0n) is 29.8. The lowest BCUT2D eigenvalue weighted by Crippen LogP contribution is -2.46. The average Bonchev–Trinajstić information content (AvgIpc) is 3.66. The lowest BCUT2D eigenvalue weighted by atomic mass is 9.87. The van der Waals surface area contributed by atoms with Crippen molar-refractivity contribution in [1.29, 1.82) is 0 Å². The Hall–Kier alpha value is -3.23. The SMILES string of the molecule is CC(C)(COP(=O)([O-])OP(=O)([O-])OC[C@H]1O[C@@H](n2cnc3c(N)ncnc32)[C@H](O)[C@@H]1OP(=O)([O-])[O-])[C@@H](O)C(=O)NCCC(=O)NCCSC(=O)/C=C\CCC(=O)[O-]. The molecule has 1 saturated heterocycles. The summed E-state index contributed by atoms with van der Waals surface area (Å²) >= 11 is 0.868. The number of allylic oxidation sites excluding steroid dienone is 1. The van der Waals surface area contributed by atoms with Crippen LogP contribution >= 0.6 is 35.2 Å². The van der Waals surface area contributed by atoms with Crippen molar-refractivity contribution in [2.24, 2.45) is 5.41 Å². The van der Waals surface area contributed by atoms with Gasteiger partial charge in [-0.15, -0.1) is 0 Å². The molecule has 0 aliphatic carbocycles. The number of rotatable bonds is 23. The summed E-state index contributed by atoms with van der Waals surface area (Å²) in [6, 6.07) is 0.